The molecule has 0 saturated heterocycles. The van der Waals surface area contributed by atoms with Gasteiger partial charge in [-0.25, -0.2) is 0 Å². The van der Waals surface area contributed by atoms with E-state index in [9.17, 15) is 0 Å². The Balaban J connectivity index is 3.09. The van der Waals surface area contributed by atoms with Gasteiger partial charge in [-0.1, -0.05) is 46.0 Å². The molecule has 2 nitrogen and oxygen atoms in total. The number of unbranched alkanes of at least 4 members (excludes halogenated alkanes) is 5. The van der Waals surface area contributed by atoms with Crippen molar-refractivity contribution >= 4 is 0 Å². The summed E-state index contributed by atoms with van der Waals surface area (Å²) in [5.74, 6) is 0. The van der Waals surface area contributed by atoms with Crippen LogP contribution in [0.4, 0.5) is 0 Å². The standard InChI is InChI=1S/C15H33NO/c1-5-7-8-9-10-11-13-17-14-12-16-15(3,4)6-2/h16H,5-14H2,1-4H3. The highest BCUT2D eigenvalue weighted by Crippen LogP contribution is 2.06. The Bertz CT molecular complexity index is 157. The fourth-order valence-electron chi connectivity index (χ4n) is 1.67. The fourth-order valence-corrected chi connectivity index (χ4v) is 1.67. The minimum Gasteiger partial charge on any atom is -0.380 e. The summed E-state index contributed by atoms with van der Waals surface area (Å²) in [6, 6.07) is 0. The Kier molecular flexibility index (Phi) is 11.0. The van der Waals surface area contributed by atoms with Gasteiger partial charge in [0, 0.05) is 18.7 Å². The third-order valence-corrected chi connectivity index (χ3v) is 3.38. The van der Waals surface area contributed by atoms with Gasteiger partial charge in [0.2, 0.25) is 0 Å². The fraction of sp³-hybridized carbons (Fsp3) is 1.00. The first-order chi connectivity index (χ1) is 8.12. The molecule has 0 rings (SSSR count). The summed E-state index contributed by atoms with van der Waals surface area (Å²) in [5.41, 5.74) is 0.253. The lowest BCUT2D eigenvalue weighted by atomic mass is 10.0. The van der Waals surface area contributed by atoms with E-state index in [0.717, 1.165) is 26.2 Å². The first-order valence-corrected chi connectivity index (χ1v) is 7.45. The molecule has 0 aromatic carbocycles. The summed E-state index contributed by atoms with van der Waals surface area (Å²) in [4.78, 5) is 0. The Morgan fingerprint density at radius 1 is 0.882 bits per heavy atom. The normalized spacial score (nSPS) is 12.0. The van der Waals surface area contributed by atoms with E-state index in [2.05, 4.69) is 33.0 Å². The zero-order chi connectivity index (χ0) is 13.0. The maximum absolute atomic E-state index is 5.62. The van der Waals surface area contributed by atoms with Crippen LogP contribution in [0.2, 0.25) is 0 Å². The monoisotopic (exact) mass is 243 g/mol. The molecule has 0 radical (unpaired) electrons. The Morgan fingerprint density at radius 2 is 1.53 bits per heavy atom. The largest absolute Gasteiger partial charge is 0.380 e. The van der Waals surface area contributed by atoms with Gasteiger partial charge >= 0.3 is 0 Å². The molecule has 0 amide bonds. The number of rotatable bonds is 12. The van der Waals surface area contributed by atoms with Crippen LogP contribution in [0, 0.1) is 0 Å². The molecule has 1 N–H and O–H groups in total. The molecule has 2 heteroatoms. The zero-order valence-electron chi connectivity index (χ0n) is 12.5. The molecule has 0 aromatic rings. The van der Waals surface area contributed by atoms with E-state index in [4.69, 9.17) is 4.74 Å². The van der Waals surface area contributed by atoms with Crippen molar-refractivity contribution in [2.75, 3.05) is 19.8 Å². The lowest BCUT2D eigenvalue weighted by Crippen LogP contribution is -2.40. The quantitative estimate of drug-likeness (QED) is 0.520. The van der Waals surface area contributed by atoms with Crippen molar-refractivity contribution in [2.45, 2.75) is 78.2 Å². The predicted molar refractivity (Wildman–Crippen MR) is 76.6 cm³/mol. The van der Waals surface area contributed by atoms with Crippen LogP contribution in [-0.2, 0) is 4.74 Å². The number of nitrogens with one attached hydrogen (secondary N) is 1. The van der Waals surface area contributed by atoms with E-state index < -0.39 is 0 Å². The van der Waals surface area contributed by atoms with Crippen molar-refractivity contribution in [3.05, 3.63) is 0 Å². The van der Waals surface area contributed by atoms with E-state index in [-0.39, 0.29) is 5.54 Å². The van der Waals surface area contributed by atoms with E-state index in [1.165, 1.54) is 38.5 Å². The van der Waals surface area contributed by atoms with Crippen molar-refractivity contribution in [1.82, 2.24) is 5.32 Å². The molecule has 0 heterocycles. The molecular weight excluding hydrogens is 210 g/mol. The summed E-state index contributed by atoms with van der Waals surface area (Å²) in [6.45, 7) is 11.7. The van der Waals surface area contributed by atoms with E-state index in [0.29, 0.717) is 0 Å². The van der Waals surface area contributed by atoms with Gasteiger partial charge in [-0.3, -0.25) is 0 Å². The molecule has 0 spiro atoms. The van der Waals surface area contributed by atoms with Crippen LogP contribution in [0.15, 0.2) is 0 Å². The van der Waals surface area contributed by atoms with Crippen molar-refractivity contribution in [2.24, 2.45) is 0 Å². The average molecular weight is 243 g/mol. The molecule has 0 unspecified atom stereocenters. The SMILES string of the molecule is CCCCCCCCOCCNC(C)(C)CC. The van der Waals surface area contributed by atoms with E-state index >= 15 is 0 Å². The molecule has 0 saturated carbocycles. The molecule has 104 valence electrons. The topological polar surface area (TPSA) is 21.3 Å². The van der Waals surface area contributed by atoms with Gasteiger partial charge in [0.1, 0.15) is 0 Å². The number of hydrogen-bond donors (Lipinski definition) is 1. The van der Waals surface area contributed by atoms with Crippen LogP contribution in [0.5, 0.6) is 0 Å². The van der Waals surface area contributed by atoms with Crippen molar-refractivity contribution in [1.29, 1.82) is 0 Å². The molecule has 0 aliphatic heterocycles. The molecule has 0 aliphatic rings. The second-order valence-corrected chi connectivity index (χ2v) is 5.54. The molecule has 0 aliphatic carbocycles. The van der Waals surface area contributed by atoms with Gasteiger partial charge in [0.15, 0.2) is 0 Å². The third kappa shape index (κ3) is 12.2. The maximum Gasteiger partial charge on any atom is 0.0591 e. The van der Waals surface area contributed by atoms with Crippen LogP contribution in [-0.4, -0.2) is 25.3 Å². The number of hydrogen-bond acceptors (Lipinski definition) is 2. The summed E-state index contributed by atoms with van der Waals surface area (Å²) in [7, 11) is 0. The smallest absolute Gasteiger partial charge is 0.0591 e. The summed E-state index contributed by atoms with van der Waals surface area (Å²) >= 11 is 0. The lowest BCUT2D eigenvalue weighted by Gasteiger charge is -2.24. The minimum absolute atomic E-state index is 0.253. The molecular formula is C15H33NO. The van der Waals surface area contributed by atoms with Crippen molar-refractivity contribution in [3.63, 3.8) is 0 Å². The van der Waals surface area contributed by atoms with Crippen LogP contribution in [0.25, 0.3) is 0 Å². The number of ether oxygens (including phenoxy) is 1. The summed E-state index contributed by atoms with van der Waals surface area (Å²) in [6.07, 6.45) is 9.19. The second kappa shape index (κ2) is 11.0. The highest BCUT2D eigenvalue weighted by Gasteiger charge is 2.12. The lowest BCUT2D eigenvalue weighted by molar-refractivity contribution is 0.125. The van der Waals surface area contributed by atoms with Gasteiger partial charge in [-0.15, -0.1) is 0 Å². The van der Waals surface area contributed by atoms with E-state index in [1.54, 1.807) is 0 Å². The maximum atomic E-state index is 5.62. The third-order valence-electron chi connectivity index (χ3n) is 3.38. The van der Waals surface area contributed by atoms with Gasteiger partial charge in [0.05, 0.1) is 6.61 Å². The minimum atomic E-state index is 0.253. The molecule has 0 bridgehead atoms. The van der Waals surface area contributed by atoms with Gasteiger partial charge < -0.3 is 10.1 Å². The van der Waals surface area contributed by atoms with Crippen molar-refractivity contribution < 1.29 is 4.74 Å². The zero-order valence-corrected chi connectivity index (χ0v) is 12.5. The average Bonchev–Trinajstić information content (AvgIpc) is 2.31. The first-order valence-electron chi connectivity index (χ1n) is 7.45. The van der Waals surface area contributed by atoms with Gasteiger partial charge in [-0.2, -0.15) is 0 Å². The van der Waals surface area contributed by atoms with Crippen LogP contribution in [0.1, 0.15) is 72.6 Å². The Labute approximate surface area is 109 Å². The molecule has 0 aromatic heterocycles. The van der Waals surface area contributed by atoms with Gasteiger partial charge in [-0.05, 0) is 26.7 Å². The Hall–Kier alpha value is -0.0800. The second-order valence-electron chi connectivity index (χ2n) is 5.54. The predicted octanol–water partition coefficient (Wildman–Crippen LogP) is 4.14. The molecule has 17 heavy (non-hydrogen) atoms. The van der Waals surface area contributed by atoms with Gasteiger partial charge in [0.25, 0.3) is 0 Å². The summed E-state index contributed by atoms with van der Waals surface area (Å²) in [5, 5.41) is 3.50. The van der Waals surface area contributed by atoms with Crippen LogP contribution in [0.3, 0.4) is 0 Å². The van der Waals surface area contributed by atoms with E-state index in [1.807, 2.05) is 0 Å². The Morgan fingerprint density at radius 3 is 2.18 bits per heavy atom. The van der Waals surface area contributed by atoms with Crippen LogP contribution < -0.4 is 5.32 Å². The highest BCUT2D eigenvalue weighted by atomic mass is 16.5. The molecule has 0 atom stereocenters. The van der Waals surface area contributed by atoms with Crippen molar-refractivity contribution in [3.8, 4) is 0 Å². The first kappa shape index (κ1) is 16.9. The van der Waals surface area contributed by atoms with Crippen LogP contribution >= 0.6 is 0 Å². The highest BCUT2D eigenvalue weighted by molar-refractivity contribution is 4.74. The molecule has 0 fully saturated rings. The summed E-state index contributed by atoms with van der Waals surface area (Å²) < 4.78 is 5.62.